The highest BCUT2D eigenvalue weighted by Crippen LogP contribution is 2.28. The molecule has 26 heavy (non-hydrogen) atoms. The van der Waals surface area contributed by atoms with Gasteiger partial charge in [0, 0.05) is 19.5 Å². The number of rotatable bonds is 4. The molecule has 1 N–H and O–H groups in total. The van der Waals surface area contributed by atoms with E-state index in [4.69, 9.17) is 4.42 Å². The van der Waals surface area contributed by atoms with Gasteiger partial charge in [-0.15, -0.1) is 0 Å². The number of carbonyl (C=O) groups is 2. The number of piperazine rings is 1. The third-order valence-electron chi connectivity index (χ3n) is 4.83. The second-order valence-electron chi connectivity index (χ2n) is 7.33. The van der Waals surface area contributed by atoms with E-state index in [2.05, 4.69) is 5.32 Å². The molecule has 0 aliphatic carbocycles. The standard InChI is InChI=1S/C17H25N3O5S/c1-12(2)8-16(21)19-5-6-20(15-11-26(23,24)10-14(15)19)17(22)18-9-13-4-3-7-25-13/h3-4,7,12,14-15H,5-6,8-11H2,1-2H3,(H,18,22)/t14-,15+/m1/s1. The number of furan rings is 1. The maximum absolute atomic E-state index is 12.6. The predicted octanol–water partition coefficient (Wildman–Crippen LogP) is 0.845. The highest BCUT2D eigenvalue weighted by Gasteiger charge is 2.49. The summed E-state index contributed by atoms with van der Waals surface area (Å²) < 4.78 is 29.6. The van der Waals surface area contributed by atoms with Gasteiger partial charge in [-0.25, -0.2) is 13.2 Å². The molecular weight excluding hydrogens is 358 g/mol. The van der Waals surface area contributed by atoms with Crippen molar-refractivity contribution in [1.29, 1.82) is 0 Å². The summed E-state index contributed by atoms with van der Waals surface area (Å²) in [6.07, 6.45) is 1.91. The minimum Gasteiger partial charge on any atom is -0.467 e. The zero-order chi connectivity index (χ0) is 18.9. The van der Waals surface area contributed by atoms with Crippen molar-refractivity contribution >= 4 is 21.8 Å². The molecule has 3 amide bonds. The lowest BCUT2D eigenvalue weighted by molar-refractivity contribution is -0.137. The molecule has 0 unspecified atom stereocenters. The first-order chi connectivity index (χ1) is 12.3. The van der Waals surface area contributed by atoms with Crippen LogP contribution in [0.1, 0.15) is 26.0 Å². The summed E-state index contributed by atoms with van der Waals surface area (Å²) in [6.45, 7) is 4.83. The molecule has 8 nitrogen and oxygen atoms in total. The summed E-state index contributed by atoms with van der Waals surface area (Å²) >= 11 is 0. The number of carbonyl (C=O) groups excluding carboxylic acids is 2. The molecule has 1 aromatic rings. The van der Waals surface area contributed by atoms with Gasteiger partial charge in [-0.3, -0.25) is 4.79 Å². The van der Waals surface area contributed by atoms with E-state index in [9.17, 15) is 18.0 Å². The molecule has 9 heteroatoms. The number of hydrogen-bond donors (Lipinski definition) is 1. The van der Waals surface area contributed by atoms with Gasteiger partial charge in [-0.2, -0.15) is 0 Å². The summed E-state index contributed by atoms with van der Waals surface area (Å²) in [5, 5.41) is 2.77. The Kier molecular flexibility index (Phi) is 5.27. The van der Waals surface area contributed by atoms with Crippen LogP contribution in [0.3, 0.4) is 0 Å². The van der Waals surface area contributed by atoms with Crippen molar-refractivity contribution in [3.05, 3.63) is 24.2 Å². The summed E-state index contributed by atoms with van der Waals surface area (Å²) in [6, 6.07) is 2.20. The van der Waals surface area contributed by atoms with Gasteiger partial charge < -0.3 is 19.5 Å². The van der Waals surface area contributed by atoms with E-state index < -0.39 is 21.9 Å². The molecule has 1 aromatic heterocycles. The molecule has 2 atom stereocenters. The molecule has 0 saturated carbocycles. The number of urea groups is 1. The van der Waals surface area contributed by atoms with Crippen LogP contribution >= 0.6 is 0 Å². The van der Waals surface area contributed by atoms with Crippen LogP contribution in [0.15, 0.2) is 22.8 Å². The molecule has 144 valence electrons. The van der Waals surface area contributed by atoms with Crippen LogP contribution in [0.5, 0.6) is 0 Å². The third-order valence-corrected chi connectivity index (χ3v) is 6.53. The summed E-state index contributed by atoms with van der Waals surface area (Å²) in [4.78, 5) is 28.3. The third kappa shape index (κ3) is 4.03. The molecule has 0 bridgehead atoms. The zero-order valence-corrected chi connectivity index (χ0v) is 15.9. The van der Waals surface area contributed by atoms with E-state index in [0.717, 1.165) is 0 Å². The first-order valence-electron chi connectivity index (χ1n) is 8.83. The monoisotopic (exact) mass is 383 g/mol. The highest BCUT2D eigenvalue weighted by atomic mass is 32.2. The van der Waals surface area contributed by atoms with Gasteiger partial charge in [0.25, 0.3) is 0 Å². The number of hydrogen-bond acceptors (Lipinski definition) is 5. The second-order valence-corrected chi connectivity index (χ2v) is 9.48. The molecule has 2 saturated heterocycles. The predicted molar refractivity (Wildman–Crippen MR) is 95.0 cm³/mol. The van der Waals surface area contributed by atoms with E-state index in [1.165, 1.54) is 6.26 Å². The van der Waals surface area contributed by atoms with E-state index in [-0.39, 0.29) is 35.9 Å². The largest absolute Gasteiger partial charge is 0.467 e. The Labute approximate surface area is 153 Å². The molecule has 2 aliphatic heterocycles. The van der Waals surface area contributed by atoms with Gasteiger partial charge in [-0.05, 0) is 18.1 Å². The van der Waals surface area contributed by atoms with Crippen LogP contribution < -0.4 is 5.32 Å². The van der Waals surface area contributed by atoms with Crippen LogP contribution in [0.4, 0.5) is 4.79 Å². The molecule has 2 fully saturated rings. The lowest BCUT2D eigenvalue weighted by atomic mass is 10.0. The van der Waals surface area contributed by atoms with Gasteiger partial charge in [-0.1, -0.05) is 13.8 Å². The van der Waals surface area contributed by atoms with E-state index in [1.54, 1.807) is 21.9 Å². The Morgan fingerprint density at radius 2 is 1.88 bits per heavy atom. The smallest absolute Gasteiger partial charge is 0.318 e. The molecular formula is C17H25N3O5S. The van der Waals surface area contributed by atoms with Crippen molar-refractivity contribution in [1.82, 2.24) is 15.1 Å². The van der Waals surface area contributed by atoms with Crippen molar-refractivity contribution in [2.75, 3.05) is 24.6 Å². The minimum atomic E-state index is -3.28. The SMILES string of the molecule is CC(C)CC(=O)N1CCN(C(=O)NCc2ccco2)[C@H]2CS(=O)(=O)C[C@H]21. The normalized spacial score (nSPS) is 24.6. The molecule has 0 radical (unpaired) electrons. The number of nitrogens with one attached hydrogen (secondary N) is 1. The summed E-state index contributed by atoms with van der Waals surface area (Å²) in [7, 11) is -3.28. The number of nitrogens with zero attached hydrogens (tertiary/aromatic N) is 2. The quantitative estimate of drug-likeness (QED) is 0.831. The molecule has 0 aromatic carbocycles. The fraction of sp³-hybridized carbons (Fsp3) is 0.647. The van der Waals surface area contributed by atoms with Gasteiger partial charge in [0.2, 0.25) is 5.91 Å². The Bertz CT molecular complexity index is 759. The Morgan fingerprint density at radius 3 is 2.50 bits per heavy atom. The maximum atomic E-state index is 12.6. The lowest BCUT2D eigenvalue weighted by Gasteiger charge is -2.44. The van der Waals surface area contributed by atoms with Crippen LogP contribution in [-0.2, 0) is 21.2 Å². The maximum Gasteiger partial charge on any atom is 0.318 e. The van der Waals surface area contributed by atoms with E-state index in [0.29, 0.717) is 25.3 Å². The van der Waals surface area contributed by atoms with Gasteiger partial charge in [0.1, 0.15) is 5.76 Å². The summed E-state index contributed by atoms with van der Waals surface area (Å²) in [5.41, 5.74) is 0. The van der Waals surface area contributed by atoms with Crippen molar-refractivity contribution in [3.63, 3.8) is 0 Å². The Hall–Kier alpha value is -2.03. The fourth-order valence-electron chi connectivity index (χ4n) is 3.66. The second kappa shape index (κ2) is 7.30. The van der Waals surface area contributed by atoms with Gasteiger partial charge in [0.05, 0.1) is 36.4 Å². The minimum absolute atomic E-state index is 0.0391. The first-order valence-corrected chi connectivity index (χ1v) is 10.7. The molecule has 2 aliphatic rings. The van der Waals surface area contributed by atoms with E-state index >= 15 is 0 Å². The number of amides is 3. The lowest BCUT2D eigenvalue weighted by Crippen LogP contribution is -2.63. The average Bonchev–Trinajstić information content (AvgIpc) is 3.16. The van der Waals surface area contributed by atoms with Crippen molar-refractivity contribution in [2.45, 2.75) is 38.9 Å². The highest BCUT2D eigenvalue weighted by molar-refractivity contribution is 7.91. The average molecular weight is 383 g/mol. The Balaban J connectivity index is 1.71. The topological polar surface area (TPSA) is 99.9 Å². The van der Waals surface area contributed by atoms with Crippen LogP contribution in [0.25, 0.3) is 0 Å². The molecule has 3 heterocycles. The first kappa shape index (κ1) is 18.8. The summed E-state index contributed by atoms with van der Waals surface area (Å²) in [5.74, 6) is 0.608. The Morgan fingerprint density at radius 1 is 1.23 bits per heavy atom. The molecule has 3 rings (SSSR count). The van der Waals surface area contributed by atoms with Crippen molar-refractivity contribution in [3.8, 4) is 0 Å². The zero-order valence-electron chi connectivity index (χ0n) is 15.1. The molecule has 0 spiro atoms. The number of sulfone groups is 1. The van der Waals surface area contributed by atoms with Crippen LogP contribution in [-0.4, -0.2) is 66.8 Å². The fourth-order valence-corrected chi connectivity index (χ4v) is 5.64. The van der Waals surface area contributed by atoms with E-state index in [1.807, 2.05) is 13.8 Å². The van der Waals surface area contributed by atoms with Crippen molar-refractivity contribution in [2.24, 2.45) is 5.92 Å². The van der Waals surface area contributed by atoms with Crippen LogP contribution in [0.2, 0.25) is 0 Å². The number of fused-ring (bicyclic) bond motifs is 1. The van der Waals surface area contributed by atoms with Crippen LogP contribution in [0, 0.1) is 5.92 Å². The van der Waals surface area contributed by atoms with Gasteiger partial charge >= 0.3 is 6.03 Å². The van der Waals surface area contributed by atoms with Crippen molar-refractivity contribution < 1.29 is 22.4 Å². The van der Waals surface area contributed by atoms with Gasteiger partial charge in [0.15, 0.2) is 9.84 Å².